The molecule has 0 amide bonds. The van der Waals surface area contributed by atoms with Crippen LogP contribution in [0.4, 0.5) is 11.6 Å². The molecule has 1 aromatic carbocycles. The Morgan fingerprint density at radius 2 is 1.70 bits per heavy atom. The van der Waals surface area contributed by atoms with Crippen molar-refractivity contribution in [2.24, 2.45) is 0 Å². The highest BCUT2D eigenvalue weighted by Crippen LogP contribution is 2.32. The SMILES string of the molecule is Clc1cnc(NC2CCCCC2)cc1-c1cccc(N2CCCC(c3ccccc3)CC2)n1. The quantitative estimate of drug-likeness (QED) is 0.433. The summed E-state index contributed by atoms with van der Waals surface area (Å²) in [6.45, 7) is 2.06. The number of nitrogens with zero attached hydrogens (tertiary/aromatic N) is 3. The highest BCUT2D eigenvalue weighted by Gasteiger charge is 2.20. The number of nitrogens with one attached hydrogen (secondary N) is 1. The molecule has 33 heavy (non-hydrogen) atoms. The Labute approximate surface area is 202 Å². The van der Waals surface area contributed by atoms with Crippen LogP contribution in [0.25, 0.3) is 11.3 Å². The van der Waals surface area contributed by atoms with Gasteiger partial charge in [-0.25, -0.2) is 9.97 Å². The highest BCUT2D eigenvalue weighted by molar-refractivity contribution is 6.33. The maximum atomic E-state index is 6.58. The van der Waals surface area contributed by atoms with E-state index in [-0.39, 0.29) is 0 Å². The highest BCUT2D eigenvalue weighted by atomic mass is 35.5. The molecule has 5 rings (SSSR count). The van der Waals surface area contributed by atoms with Gasteiger partial charge < -0.3 is 10.2 Å². The van der Waals surface area contributed by atoms with E-state index < -0.39 is 0 Å². The minimum Gasteiger partial charge on any atom is -0.367 e. The van der Waals surface area contributed by atoms with Crippen molar-refractivity contribution in [3.63, 3.8) is 0 Å². The van der Waals surface area contributed by atoms with E-state index in [2.05, 4.69) is 69.8 Å². The number of hydrogen-bond donors (Lipinski definition) is 1. The lowest BCUT2D eigenvalue weighted by molar-refractivity contribution is 0.462. The lowest BCUT2D eigenvalue weighted by Crippen LogP contribution is -2.25. The molecule has 3 heterocycles. The third kappa shape index (κ3) is 5.50. The summed E-state index contributed by atoms with van der Waals surface area (Å²) in [4.78, 5) is 12.0. The monoisotopic (exact) mass is 460 g/mol. The van der Waals surface area contributed by atoms with Crippen molar-refractivity contribution in [2.75, 3.05) is 23.3 Å². The summed E-state index contributed by atoms with van der Waals surface area (Å²) in [5.74, 6) is 2.56. The van der Waals surface area contributed by atoms with Gasteiger partial charge in [0.1, 0.15) is 11.6 Å². The molecule has 1 unspecified atom stereocenters. The first-order valence-corrected chi connectivity index (χ1v) is 12.8. The van der Waals surface area contributed by atoms with Crippen LogP contribution >= 0.6 is 11.6 Å². The predicted molar refractivity (Wildman–Crippen MR) is 138 cm³/mol. The van der Waals surface area contributed by atoms with Crippen LogP contribution in [-0.4, -0.2) is 29.1 Å². The van der Waals surface area contributed by atoms with Crippen molar-refractivity contribution >= 4 is 23.2 Å². The molecule has 5 heteroatoms. The maximum Gasteiger partial charge on any atom is 0.129 e. The number of hydrogen-bond acceptors (Lipinski definition) is 4. The minimum absolute atomic E-state index is 0.509. The Morgan fingerprint density at radius 3 is 2.55 bits per heavy atom. The number of benzene rings is 1. The van der Waals surface area contributed by atoms with Gasteiger partial charge in [0.05, 0.1) is 10.7 Å². The summed E-state index contributed by atoms with van der Waals surface area (Å²) >= 11 is 6.58. The van der Waals surface area contributed by atoms with Gasteiger partial charge in [-0.3, -0.25) is 0 Å². The largest absolute Gasteiger partial charge is 0.367 e. The van der Waals surface area contributed by atoms with E-state index >= 15 is 0 Å². The fourth-order valence-corrected chi connectivity index (χ4v) is 5.50. The van der Waals surface area contributed by atoms with E-state index in [1.807, 2.05) is 0 Å². The van der Waals surface area contributed by atoms with Gasteiger partial charge in [-0.05, 0) is 61.8 Å². The molecule has 1 atom stereocenters. The van der Waals surface area contributed by atoms with Crippen molar-refractivity contribution in [3.05, 3.63) is 71.4 Å². The van der Waals surface area contributed by atoms with Crippen molar-refractivity contribution in [1.82, 2.24) is 9.97 Å². The molecule has 2 fully saturated rings. The van der Waals surface area contributed by atoms with E-state index in [0.717, 1.165) is 42.4 Å². The van der Waals surface area contributed by atoms with Crippen LogP contribution in [0.5, 0.6) is 0 Å². The summed E-state index contributed by atoms with van der Waals surface area (Å²) in [6, 6.07) is 19.8. The molecule has 0 bridgehead atoms. The fourth-order valence-electron chi connectivity index (χ4n) is 5.30. The zero-order valence-electron chi connectivity index (χ0n) is 19.2. The second kappa shape index (κ2) is 10.6. The van der Waals surface area contributed by atoms with Crippen LogP contribution in [-0.2, 0) is 0 Å². The van der Waals surface area contributed by atoms with E-state index in [4.69, 9.17) is 16.6 Å². The van der Waals surface area contributed by atoms with Crippen LogP contribution < -0.4 is 10.2 Å². The van der Waals surface area contributed by atoms with Gasteiger partial charge in [-0.2, -0.15) is 0 Å². The predicted octanol–water partition coefficient (Wildman–Crippen LogP) is 7.32. The maximum absolute atomic E-state index is 6.58. The van der Waals surface area contributed by atoms with Gasteiger partial charge in [0.25, 0.3) is 0 Å². The molecular weight excluding hydrogens is 428 g/mol. The summed E-state index contributed by atoms with van der Waals surface area (Å²) in [7, 11) is 0. The molecule has 4 nitrogen and oxygen atoms in total. The topological polar surface area (TPSA) is 41.1 Å². The minimum atomic E-state index is 0.509. The lowest BCUT2D eigenvalue weighted by atomic mass is 9.92. The van der Waals surface area contributed by atoms with Crippen molar-refractivity contribution in [2.45, 2.75) is 63.3 Å². The van der Waals surface area contributed by atoms with E-state index in [1.165, 1.54) is 50.5 Å². The Hall–Kier alpha value is -2.59. The summed E-state index contributed by atoms with van der Waals surface area (Å²) in [5, 5.41) is 4.26. The van der Waals surface area contributed by atoms with Gasteiger partial charge in [-0.1, -0.05) is 67.3 Å². The summed E-state index contributed by atoms with van der Waals surface area (Å²) in [6.07, 6.45) is 11.7. The third-order valence-corrected chi connectivity index (χ3v) is 7.45. The van der Waals surface area contributed by atoms with Gasteiger partial charge in [0, 0.05) is 30.9 Å². The molecule has 172 valence electrons. The van der Waals surface area contributed by atoms with Crippen molar-refractivity contribution < 1.29 is 0 Å². The first-order chi connectivity index (χ1) is 16.3. The molecule has 3 aromatic rings. The van der Waals surface area contributed by atoms with Gasteiger partial charge in [0.15, 0.2) is 0 Å². The molecule has 1 saturated carbocycles. The van der Waals surface area contributed by atoms with Gasteiger partial charge in [0.2, 0.25) is 0 Å². The zero-order chi connectivity index (χ0) is 22.5. The second-order valence-electron chi connectivity index (χ2n) is 9.44. The smallest absolute Gasteiger partial charge is 0.129 e. The van der Waals surface area contributed by atoms with E-state index in [0.29, 0.717) is 17.0 Å². The summed E-state index contributed by atoms with van der Waals surface area (Å²) < 4.78 is 0. The molecule has 1 aliphatic heterocycles. The first-order valence-electron chi connectivity index (χ1n) is 12.5. The molecule has 1 saturated heterocycles. The van der Waals surface area contributed by atoms with Crippen molar-refractivity contribution in [3.8, 4) is 11.3 Å². The van der Waals surface area contributed by atoms with Crippen LogP contribution in [0, 0.1) is 0 Å². The van der Waals surface area contributed by atoms with E-state index in [9.17, 15) is 0 Å². The summed E-state index contributed by atoms with van der Waals surface area (Å²) in [5.41, 5.74) is 3.32. The molecule has 0 spiro atoms. The molecule has 2 aromatic heterocycles. The lowest BCUT2D eigenvalue weighted by Gasteiger charge is -2.24. The average molecular weight is 461 g/mol. The third-order valence-electron chi connectivity index (χ3n) is 7.15. The standard InChI is InChI=1S/C28H33ClN4/c29-25-20-30-27(31-23-12-5-2-6-13-23)19-24(25)26-14-7-15-28(32-26)33-17-8-11-22(16-18-33)21-9-3-1-4-10-21/h1,3-4,7,9-10,14-15,19-20,22-23H,2,5-6,8,11-13,16-18H2,(H,30,31). The number of anilines is 2. The molecular formula is C28H33ClN4. The van der Waals surface area contributed by atoms with Gasteiger partial charge >= 0.3 is 0 Å². The second-order valence-corrected chi connectivity index (χ2v) is 9.84. The Kier molecular flexibility index (Phi) is 7.11. The number of aromatic nitrogens is 2. The molecule has 1 aliphatic carbocycles. The zero-order valence-corrected chi connectivity index (χ0v) is 20.0. The number of halogens is 1. The Bertz CT molecular complexity index is 1050. The van der Waals surface area contributed by atoms with Crippen LogP contribution in [0.3, 0.4) is 0 Å². The fraction of sp³-hybridized carbons (Fsp3) is 0.429. The number of pyridine rings is 2. The van der Waals surface area contributed by atoms with Crippen LogP contribution in [0.15, 0.2) is 60.8 Å². The van der Waals surface area contributed by atoms with Crippen LogP contribution in [0.1, 0.15) is 62.8 Å². The van der Waals surface area contributed by atoms with Crippen molar-refractivity contribution in [1.29, 1.82) is 0 Å². The first kappa shape index (κ1) is 22.2. The molecule has 2 aliphatic rings. The molecule has 0 radical (unpaired) electrons. The number of rotatable bonds is 5. The Morgan fingerprint density at radius 1 is 0.848 bits per heavy atom. The average Bonchev–Trinajstić information content (AvgIpc) is 3.13. The van der Waals surface area contributed by atoms with E-state index in [1.54, 1.807) is 6.20 Å². The van der Waals surface area contributed by atoms with Gasteiger partial charge in [-0.15, -0.1) is 0 Å². The normalized spacial score (nSPS) is 19.8. The Balaban J connectivity index is 1.32. The van der Waals surface area contributed by atoms with Crippen LogP contribution in [0.2, 0.25) is 5.02 Å². The molecule has 1 N–H and O–H groups in total.